The first kappa shape index (κ1) is 13.0. The number of hydrogen-bond donors (Lipinski definition) is 0. The molecule has 1 aromatic carbocycles. The summed E-state index contributed by atoms with van der Waals surface area (Å²) >= 11 is 3.36. The van der Waals surface area contributed by atoms with Gasteiger partial charge in [0.05, 0.1) is 0 Å². The fourth-order valence-electron chi connectivity index (χ4n) is 1.66. The van der Waals surface area contributed by atoms with E-state index in [0.29, 0.717) is 0 Å². The van der Waals surface area contributed by atoms with Gasteiger partial charge in [0.2, 0.25) is 0 Å². The van der Waals surface area contributed by atoms with Crippen molar-refractivity contribution in [1.29, 1.82) is 0 Å². The van der Waals surface area contributed by atoms with Crippen LogP contribution < -0.4 is 4.90 Å². The predicted octanol–water partition coefficient (Wildman–Crippen LogP) is 3.66. The van der Waals surface area contributed by atoms with Gasteiger partial charge in [-0.2, -0.15) is 0 Å². The van der Waals surface area contributed by atoms with Crippen LogP contribution in [0.4, 0.5) is 10.2 Å². The van der Waals surface area contributed by atoms with Gasteiger partial charge >= 0.3 is 0 Å². The maximum Gasteiger partial charge on any atom is 0.128 e. The van der Waals surface area contributed by atoms with Crippen molar-refractivity contribution in [3.8, 4) is 0 Å². The quantitative estimate of drug-likeness (QED) is 0.857. The van der Waals surface area contributed by atoms with Crippen molar-refractivity contribution in [3.63, 3.8) is 0 Å². The maximum atomic E-state index is 12.8. The lowest BCUT2D eigenvalue weighted by Crippen LogP contribution is -2.21. The minimum absolute atomic E-state index is 0.193. The van der Waals surface area contributed by atoms with Gasteiger partial charge in [-0.25, -0.2) is 9.37 Å². The average molecular weight is 309 g/mol. The molecule has 1 aromatic heterocycles. The summed E-state index contributed by atoms with van der Waals surface area (Å²) in [7, 11) is 2.00. The smallest absolute Gasteiger partial charge is 0.128 e. The highest BCUT2D eigenvalue weighted by molar-refractivity contribution is 9.10. The van der Waals surface area contributed by atoms with Crippen molar-refractivity contribution in [1.82, 2.24) is 4.98 Å². The molecule has 0 saturated carbocycles. The van der Waals surface area contributed by atoms with E-state index in [1.165, 1.54) is 12.1 Å². The highest BCUT2D eigenvalue weighted by Gasteiger charge is 2.02. The molecule has 4 heteroatoms. The molecule has 0 aliphatic rings. The molecule has 0 saturated heterocycles. The lowest BCUT2D eigenvalue weighted by atomic mass is 10.1. The summed E-state index contributed by atoms with van der Waals surface area (Å²) in [5.74, 6) is 0.738. The van der Waals surface area contributed by atoms with Gasteiger partial charge in [0.25, 0.3) is 0 Å². The SMILES string of the molecule is CN(CCc1ccc(F)cc1)c1ccc(Br)cn1. The summed E-state index contributed by atoms with van der Waals surface area (Å²) in [6.45, 7) is 0.847. The molecule has 0 N–H and O–H groups in total. The van der Waals surface area contributed by atoms with E-state index < -0.39 is 0 Å². The Bertz CT molecular complexity index is 496. The molecule has 0 bridgehead atoms. The molecule has 2 rings (SSSR count). The van der Waals surface area contributed by atoms with Gasteiger partial charge in [0.15, 0.2) is 0 Å². The summed E-state index contributed by atoms with van der Waals surface area (Å²) < 4.78 is 13.7. The standard InChI is InChI=1S/C14H14BrFN2/c1-18(14-7-4-12(15)10-17-14)9-8-11-2-5-13(16)6-3-11/h2-7,10H,8-9H2,1H3. The van der Waals surface area contributed by atoms with E-state index in [1.54, 1.807) is 6.20 Å². The Morgan fingerprint density at radius 1 is 1.17 bits per heavy atom. The van der Waals surface area contributed by atoms with E-state index in [0.717, 1.165) is 28.8 Å². The van der Waals surface area contributed by atoms with Gasteiger partial charge in [-0.3, -0.25) is 0 Å². The van der Waals surface area contributed by atoms with Crippen LogP contribution in [0.3, 0.4) is 0 Å². The summed E-state index contributed by atoms with van der Waals surface area (Å²) in [5, 5.41) is 0. The van der Waals surface area contributed by atoms with Gasteiger partial charge < -0.3 is 4.90 Å². The number of aromatic nitrogens is 1. The molecule has 2 aromatic rings. The topological polar surface area (TPSA) is 16.1 Å². The second kappa shape index (κ2) is 5.96. The van der Waals surface area contributed by atoms with Crippen molar-refractivity contribution in [2.45, 2.75) is 6.42 Å². The Balaban J connectivity index is 1.93. The number of halogens is 2. The Labute approximate surface area is 115 Å². The third-order valence-corrected chi connectivity index (χ3v) is 3.22. The number of rotatable bonds is 4. The van der Waals surface area contributed by atoms with Crippen LogP contribution in [0, 0.1) is 5.82 Å². The Morgan fingerprint density at radius 2 is 1.89 bits per heavy atom. The van der Waals surface area contributed by atoms with Crippen LogP contribution in [0.25, 0.3) is 0 Å². The van der Waals surface area contributed by atoms with Gasteiger partial charge in [0, 0.05) is 24.3 Å². The maximum absolute atomic E-state index is 12.8. The van der Waals surface area contributed by atoms with Crippen molar-refractivity contribution in [2.75, 3.05) is 18.5 Å². The molecular formula is C14H14BrFN2. The largest absolute Gasteiger partial charge is 0.359 e. The predicted molar refractivity (Wildman–Crippen MR) is 75.3 cm³/mol. The zero-order valence-corrected chi connectivity index (χ0v) is 11.7. The molecular weight excluding hydrogens is 295 g/mol. The first-order valence-corrected chi connectivity index (χ1v) is 6.51. The molecule has 0 aliphatic carbocycles. The molecule has 0 fully saturated rings. The molecule has 0 unspecified atom stereocenters. The zero-order valence-electron chi connectivity index (χ0n) is 10.1. The molecule has 0 amide bonds. The third kappa shape index (κ3) is 3.53. The number of hydrogen-bond acceptors (Lipinski definition) is 2. The fourth-order valence-corrected chi connectivity index (χ4v) is 1.89. The second-order valence-corrected chi connectivity index (χ2v) is 5.05. The molecule has 94 valence electrons. The minimum atomic E-state index is -0.193. The number of pyridine rings is 1. The van der Waals surface area contributed by atoms with Crippen LogP contribution in [0.15, 0.2) is 47.1 Å². The number of likely N-dealkylation sites (N-methyl/N-ethyl adjacent to an activating group) is 1. The summed E-state index contributed by atoms with van der Waals surface area (Å²) in [6.07, 6.45) is 2.65. The Morgan fingerprint density at radius 3 is 2.50 bits per heavy atom. The molecule has 0 radical (unpaired) electrons. The van der Waals surface area contributed by atoms with Gasteiger partial charge in [0.1, 0.15) is 11.6 Å². The molecule has 1 heterocycles. The van der Waals surface area contributed by atoms with Crippen LogP contribution in [0.1, 0.15) is 5.56 Å². The first-order chi connectivity index (χ1) is 8.65. The van der Waals surface area contributed by atoms with E-state index in [4.69, 9.17) is 0 Å². The van der Waals surface area contributed by atoms with E-state index in [2.05, 4.69) is 25.8 Å². The Hall–Kier alpha value is -1.42. The van der Waals surface area contributed by atoms with Crippen molar-refractivity contribution >= 4 is 21.7 Å². The summed E-state index contributed by atoms with van der Waals surface area (Å²) in [5.41, 5.74) is 1.13. The van der Waals surface area contributed by atoms with E-state index in [-0.39, 0.29) is 5.82 Å². The lowest BCUT2D eigenvalue weighted by molar-refractivity contribution is 0.627. The van der Waals surface area contributed by atoms with Crippen LogP contribution in [-0.2, 0) is 6.42 Å². The average Bonchev–Trinajstić information content (AvgIpc) is 2.38. The molecule has 18 heavy (non-hydrogen) atoms. The highest BCUT2D eigenvalue weighted by atomic mass is 79.9. The van der Waals surface area contributed by atoms with E-state index in [9.17, 15) is 4.39 Å². The van der Waals surface area contributed by atoms with Crippen molar-refractivity contribution < 1.29 is 4.39 Å². The van der Waals surface area contributed by atoms with Crippen LogP contribution in [-0.4, -0.2) is 18.6 Å². The highest BCUT2D eigenvalue weighted by Crippen LogP contribution is 2.14. The summed E-state index contributed by atoms with van der Waals surface area (Å²) in [6, 6.07) is 10.6. The number of benzene rings is 1. The van der Waals surface area contributed by atoms with Crippen LogP contribution in [0.5, 0.6) is 0 Å². The summed E-state index contributed by atoms with van der Waals surface area (Å²) in [4.78, 5) is 6.40. The zero-order chi connectivity index (χ0) is 13.0. The van der Waals surface area contributed by atoms with Gasteiger partial charge in [-0.15, -0.1) is 0 Å². The fraction of sp³-hybridized carbons (Fsp3) is 0.214. The second-order valence-electron chi connectivity index (χ2n) is 4.13. The van der Waals surface area contributed by atoms with Crippen LogP contribution >= 0.6 is 15.9 Å². The van der Waals surface area contributed by atoms with Crippen molar-refractivity contribution in [3.05, 3.63) is 58.4 Å². The van der Waals surface area contributed by atoms with E-state index in [1.807, 2.05) is 31.3 Å². The third-order valence-electron chi connectivity index (χ3n) is 2.75. The molecule has 2 nitrogen and oxygen atoms in total. The first-order valence-electron chi connectivity index (χ1n) is 5.72. The molecule has 0 aliphatic heterocycles. The van der Waals surface area contributed by atoms with Crippen LogP contribution in [0.2, 0.25) is 0 Å². The minimum Gasteiger partial charge on any atom is -0.359 e. The van der Waals surface area contributed by atoms with Gasteiger partial charge in [-0.1, -0.05) is 12.1 Å². The number of anilines is 1. The molecule has 0 atom stereocenters. The lowest BCUT2D eigenvalue weighted by Gasteiger charge is -2.18. The Kier molecular flexibility index (Phi) is 4.31. The number of nitrogens with zero attached hydrogens (tertiary/aromatic N) is 2. The molecule has 0 spiro atoms. The monoisotopic (exact) mass is 308 g/mol. The normalized spacial score (nSPS) is 10.4. The van der Waals surface area contributed by atoms with E-state index >= 15 is 0 Å². The van der Waals surface area contributed by atoms with Gasteiger partial charge in [-0.05, 0) is 52.2 Å². The van der Waals surface area contributed by atoms with Crippen molar-refractivity contribution in [2.24, 2.45) is 0 Å².